The van der Waals surface area contributed by atoms with Crippen molar-refractivity contribution < 1.29 is 13.9 Å². The first-order chi connectivity index (χ1) is 10.0. The number of amides is 1. The number of pyridine rings is 1. The molecular weight excluding hydrogens is 295 g/mol. The van der Waals surface area contributed by atoms with Gasteiger partial charge in [-0.05, 0) is 36.8 Å². The van der Waals surface area contributed by atoms with Gasteiger partial charge in [-0.1, -0.05) is 17.7 Å². The number of methoxy groups -OCH3 is 1. The second-order valence-electron chi connectivity index (χ2n) is 4.46. The summed E-state index contributed by atoms with van der Waals surface area (Å²) in [7, 11) is 1.40. The predicted octanol–water partition coefficient (Wildman–Crippen LogP) is 3.37. The minimum atomic E-state index is -0.468. The third kappa shape index (κ3) is 3.70. The van der Waals surface area contributed by atoms with Crippen LogP contribution in [0.4, 0.5) is 4.39 Å². The van der Waals surface area contributed by atoms with Crippen LogP contribution in [0.15, 0.2) is 36.5 Å². The maximum atomic E-state index is 13.7. The molecule has 6 heteroatoms. The molecule has 0 saturated heterocycles. The summed E-state index contributed by atoms with van der Waals surface area (Å²) < 4.78 is 18.5. The zero-order valence-electron chi connectivity index (χ0n) is 11.6. The lowest BCUT2D eigenvalue weighted by Crippen LogP contribution is -2.26. The van der Waals surface area contributed by atoms with E-state index in [1.807, 2.05) is 0 Å². The van der Waals surface area contributed by atoms with Gasteiger partial charge in [0.1, 0.15) is 5.15 Å². The number of rotatable bonds is 4. The molecule has 1 heterocycles. The molecule has 0 bridgehead atoms. The zero-order chi connectivity index (χ0) is 15.4. The van der Waals surface area contributed by atoms with Gasteiger partial charge < -0.3 is 10.1 Å². The van der Waals surface area contributed by atoms with Crippen LogP contribution in [0.3, 0.4) is 0 Å². The summed E-state index contributed by atoms with van der Waals surface area (Å²) in [5, 5.41) is 3.08. The highest BCUT2D eigenvalue weighted by atomic mass is 35.5. The van der Waals surface area contributed by atoms with E-state index >= 15 is 0 Å². The van der Waals surface area contributed by atoms with Gasteiger partial charge in [-0.2, -0.15) is 0 Å². The van der Waals surface area contributed by atoms with Gasteiger partial charge in [0.25, 0.3) is 5.91 Å². The van der Waals surface area contributed by atoms with E-state index in [1.54, 1.807) is 19.1 Å². The minimum Gasteiger partial charge on any atom is -0.494 e. The molecule has 0 aliphatic carbocycles. The number of carbonyl (C=O) groups is 1. The van der Waals surface area contributed by atoms with Gasteiger partial charge in [0.15, 0.2) is 11.6 Å². The van der Waals surface area contributed by atoms with Gasteiger partial charge in [-0.3, -0.25) is 4.79 Å². The van der Waals surface area contributed by atoms with Crippen LogP contribution in [0.5, 0.6) is 5.75 Å². The van der Waals surface area contributed by atoms with Gasteiger partial charge in [0.2, 0.25) is 0 Å². The lowest BCUT2D eigenvalue weighted by Gasteiger charge is -2.15. The molecular formula is C15H14ClFN2O2. The molecule has 21 heavy (non-hydrogen) atoms. The fraction of sp³-hybridized carbons (Fsp3) is 0.200. The van der Waals surface area contributed by atoms with Crippen molar-refractivity contribution in [2.45, 2.75) is 13.0 Å². The summed E-state index contributed by atoms with van der Waals surface area (Å²) in [6.45, 7) is 1.77. The summed E-state index contributed by atoms with van der Waals surface area (Å²) in [5.41, 5.74) is 1.03. The molecule has 0 spiro atoms. The van der Waals surface area contributed by atoms with Crippen LogP contribution in [0.1, 0.15) is 28.9 Å². The topological polar surface area (TPSA) is 51.2 Å². The molecule has 110 valence electrons. The Kier molecular flexibility index (Phi) is 4.75. The monoisotopic (exact) mass is 308 g/mol. The summed E-state index contributed by atoms with van der Waals surface area (Å²) >= 11 is 5.67. The molecule has 0 aliphatic heterocycles. The van der Waals surface area contributed by atoms with Crippen molar-refractivity contribution in [3.05, 3.63) is 58.6 Å². The van der Waals surface area contributed by atoms with E-state index in [4.69, 9.17) is 16.3 Å². The molecule has 1 amide bonds. The number of benzene rings is 1. The number of hydrogen-bond acceptors (Lipinski definition) is 3. The highest BCUT2D eigenvalue weighted by Gasteiger charge is 2.13. The number of nitrogens with zero attached hydrogens (tertiary/aromatic N) is 1. The molecule has 0 fully saturated rings. The Labute approximate surface area is 126 Å². The number of nitrogens with one attached hydrogen (secondary N) is 1. The van der Waals surface area contributed by atoms with E-state index in [0.29, 0.717) is 16.3 Å². The van der Waals surface area contributed by atoms with Crippen LogP contribution >= 0.6 is 11.6 Å². The van der Waals surface area contributed by atoms with E-state index in [2.05, 4.69) is 10.3 Å². The molecule has 0 aliphatic rings. The van der Waals surface area contributed by atoms with Crippen LogP contribution in [0.2, 0.25) is 5.15 Å². The molecule has 1 N–H and O–H groups in total. The van der Waals surface area contributed by atoms with Crippen molar-refractivity contribution in [1.82, 2.24) is 10.3 Å². The Balaban J connectivity index is 2.10. The first kappa shape index (κ1) is 15.3. The van der Waals surface area contributed by atoms with Crippen molar-refractivity contribution in [1.29, 1.82) is 0 Å². The highest BCUT2D eigenvalue weighted by molar-refractivity contribution is 6.29. The summed E-state index contributed by atoms with van der Waals surface area (Å²) in [5.74, 6) is -0.605. The Hall–Kier alpha value is -2.14. The number of ether oxygens (including phenoxy) is 1. The Morgan fingerprint density at radius 2 is 2.14 bits per heavy atom. The smallest absolute Gasteiger partial charge is 0.253 e. The first-order valence-electron chi connectivity index (χ1n) is 6.27. The van der Waals surface area contributed by atoms with E-state index in [-0.39, 0.29) is 17.7 Å². The second kappa shape index (κ2) is 6.54. The second-order valence-corrected chi connectivity index (χ2v) is 4.85. The molecule has 1 aromatic heterocycles. The fourth-order valence-electron chi connectivity index (χ4n) is 1.83. The first-order valence-corrected chi connectivity index (χ1v) is 6.65. The molecule has 1 aromatic carbocycles. The van der Waals surface area contributed by atoms with Crippen molar-refractivity contribution in [3.8, 4) is 5.75 Å². The van der Waals surface area contributed by atoms with Crippen LogP contribution in [0, 0.1) is 5.82 Å². The third-order valence-corrected chi connectivity index (χ3v) is 3.24. The SMILES string of the molecule is COc1ccc([C@H](C)NC(=O)c2ccc(Cl)nc2)cc1F. The molecule has 0 unspecified atom stereocenters. The number of halogens is 2. The van der Waals surface area contributed by atoms with Crippen LogP contribution < -0.4 is 10.1 Å². The highest BCUT2D eigenvalue weighted by Crippen LogP contribution is 2.22. The van der Waals surface area contributed by atoms with Crippen LogP contribution in [-0.2, 0) is 0 Å². The maximum absolute atomic E-state index is 13.7. The quantitative estimate of drug-likeness (QED) is 0.881. The summed E-state index contributed by atoms with van der Waals surface area (Å²) in [6.07, 6.45) is 1.39. The largest absolute Gasteiger partial charge is 0.494 e. The van der Waals surface area contributed by atoms with Gasteiger partial charge in [-0.15, -0.1) is 0 Å². The summed E-state index contributed by atoms with van der Waals surface area (Å²) in [4.78, 5) is 15.9. The van der Waals surface area contributed by atoms with E-state index < -0.39 is 5.82 Å². The average molecular weight is 309 g/mol. The molecule has 1 atom stereocenters. The van der Waals surface area contributed by atoms with Crippen molar-refractivity contribution in [2.24, 2.45) is 0 Å². The maximum Gasteiger partial charge on any atom is 0.253 e. The van der Waals surface area contributed by atoms with E-state index in [0.717, 1.165) is 0 Å². The van der Waals surface area contributed by atoms with Gasteiger partial charge in [0, 0.05) is 6.20 Å². The van der Waals surface area contributed by atoms with Crippen molar-refractivity contribution in [3.63, 3.8) is 0 Å². The molecule has 2 aromatic rings. The lowest BCUT2D eigenvalue weighted by molar-refractivity contribution is 0.0939. The van der Waals surface area contributed by atoms with Gasteiger partial charge in [-0.25, -0.2) is 9.37 Å². The Morgan fingerprint density at radius 1 is 1.38 bits per heavy atom. The van der Waals surface area contributed by atoms with Crippen molar-refractivity contribution >= 4 is 17.5 Å². The fourth-order valence-corrected chi connectivity index (χ4v) is 1.94. The van der Waals surface area contributed by atoms with Crippen molar-refractivity contribution in [2.75, 3.05) is 7.11 Å². The molecule has 0 radical (unpaired) electrons. The van der Waals surface area contributed by atoms with Gasteiger partial charge in [0.05, 0.1) is 18.7 Å². The molecule has 0 saturated carbocycles. The summed E-state index contributed by atoms with van der Waals surface area (Å²) in [6, 6.07) is 7.32. The zero-order valence-corrected chi connectivity index (χ0v) is 12.3. The Morgan fingerprint density at radius 3 is 2.71 bits per heavy atom. The average Bonchev–Trinajstić information content (AvgIpc) is 2.47. The normalized spacial score (nSPS) is 11.8. The third-order valence-electron chi connectivity index (χ3n) is 3.01. The molecule has 4 nitrogen and oxygen atoms in total. The van der Waals surface area contributed by atoms with E-state index in [9.17, 15) is 9.18 Å². The number of aromatic nitrogens is 1. The Bertz CT molecular complexity index is 647. The van der Waals surface area contributed by atoms with Crippen LogP contribution in [-0.4, -0.2) is 18.0 Å². The van der Waals surface area contributed by atoms with E-state index in [1.165, 1.54) is 31.5 Å². The van der Waals surface area contributed by atoms with Gasteiger partial charge >= 0.3 is 0 Å². The predicted molar refractivity (Wildman–Crippen MR) is 78.1 cm³/mol. The number of carbonyl (C=O) groups excluding carboxylic acids is 1. The number of hydrogen-bond donors (Lipinski definition) is 1. The molecule has 2 rings (SSSR count). The van der Waals surface area contributed by atoms with Crippen LogP contribution in [0.25, 0.3) is 0 Å². The standard InChI is InChI=1S/C15H14ClFN2O2/c1-9(10-3-5-13(21-2)12(17)7-10)19-15(20)11-4-6-14(16)18-8-11/h3-9H,1-2H3,(H,19,20)/t9-/m0/s1. The lowest BCUT2D eigenvalue weighted by atomic mass is 10.1. The minimum absolute atomic E-state index is 0.166.